The van der Waals surface area contributed by atoms with E-state index in [0.29, 0.717) is 17.4 Å². The third-order valence-corrected chi connectivity index (χ3v) is 12.7. The predicted octanol–water partition coefficient (Wildman–Crippen LogP) is 14.7. The van der Waals surface area contributed by atoms with Gasteiger partial charge in [-0.25, -0.2) is 4.57 Å². The number of quaternary nitrogens is 1. The normalized spacial score (nSPS) is 14.2. The van der Waals surface area contributed by atoms with Gasteiger partial charge in [0.05, 0.1) is 39.9 Å². The lowest BCUT2D eigenvalue weighted by Crippen LogP contribution is -2.45. The van der Waals surface area contributed by atoms with Crippen LogP contribution in [0.1, 0.15) is 251 Å². The molecule has 0 spiro atoms. The van der Waals surface area contributed by atoms with E-state index in [1.807, 2.05) is 27.2 Å². The number of likely N-dealkylation sites (N-methyl/N-ethyl adjacent to an activating group) is 1. The quantitative estimate of drug-likeness (QED) is 0.0244. The maximum atomic E-state index is 12.9. The van der Waals surface area contributed by atoms with E-state index >= 15 is 0 Å². The van der Waals surface area contributed by atoms with Crippen LogP contribution in [0.15, 0.2) is 12.2 Å². The minimum Gasteiger partial charge on any atom is -0.387 e. The smallest absolute Gasteiger partial charge is 0.387 e. The number of phosphoric acid groups is 1. The van der Waals surface area contributed by atoms with Crippen molar-refractivity contribution in [1.29, 1.82) is 0 Å². The van der Waals surface area contributed by atoms with Gasteiger partial charge in [0.25, 0.3) is 0 Å². The van der Waals surface area contributed by atoms with E-state index in [1.54, 1.807) is 6.08 Å². The largest absolute Gasteiger partial charge is 0.472 e. The number of rotatable bonds is 47. The topological polar surface area (TPSA) is 105 Å². The van der Waals surface area contributed by atoms with Crippen LogP contribution in [0.5, 0.6) is 0 Å². The van der Waals surface area contributed by atoms with Gasteiger partial charge >= 0.3 is 7.82 Å². The Morgan fingerprint density at radius 3 is 1.25 bits per heavy atom. The zero-order chi connectivity index (χ0) is 43.6. The first-order chi connectivity index (χ1) is 28.5. The molecular formula is C50H102N2O6P+. The molecule has 3 N–H and O–H groups in total. The van der Waals surface area contributed by atoms with Crippen LogP contribution in [0.2, 0.25) is 0 Å². The lowest BCUT2D eigenvalue weighted by Gasteiger charge is -2.25. The van der Waals surface area contributed by atoms with Crippen LogP contribution in [0.3, 0.4) is 0 Å². The fourth-order valence-electron chi connectivity index (χ4n) is 7.69. The number of carbonyl (C=O) groups excluding carboxylic acids is 1. The SMILES string of the molecule is CCCCCCCC/C=C/C(O)C(COP(=O)(O)OCC[N+](C)(C)C)NC(=O)CCCCCCCCCCCCCCCCCCCCCCCCCCCCCCC. The molecule has 0 radical (unpaired) electrons. The summed E-state index contributed by atoms with van der Waals surface area (Å²) in [5.74, 6) is -0.175. The van der Waals surface area contributed by atoms with E-state index < -0.39 is 20.0 Å². The van der Waals surface area contributed by atoms with Gasteiger partial charge in [-0.3, -0.25) is 13.8 Å². The Bertz CT molecular complexity index is 974. The van der Waals surface area contributed by atoms with Gasteiger partial charge in [0.15, 0.2) is 0 Å². The van der Waals surface area contributed by atoms with Crippen molar-refractivity contribution in [2.24, 2.45) is 0 Å². The minimum absolute atomic E-state index is 0.0642. The fourth-order valence-corrected chi connectivity index (χ4v) is 8.43. The number of nitrogens with one attached hydrogen (secondary N) is 1. The highest BCUT2D eigenvalue weighted by atomic mass is 31.2. The first kappa shape index (κ1) is 58.2. The summed E-state index contributed by atoms with van der Waals surface area (Å²) in [4.78, 5) is 23.1. The molecule has 0 fully saturated rings. The molecule has 0 heterocycles. The molecule has 0 bridgehead atoms. The second kappa shape index (κ2) is 42.5. The molecule has 0 aliphatic heterocycles. The second-order valence-corrected chi connectivity index (χ2v) is 20.4. The van der Waals surface area contributed by atoms with E-state index in [9.17, 15) is 19.4 Å². The van der Waals surface area contributed by atoms with Crippen LogP contribution >= 0.6 is 7.82 Å². The number of carbonyl (C=O) groups is 1. The number of hydrogen-bond donors (Lipinski definition) is 3. The van der Waals surface area contributed by atoms with Gasteiger partial charge in [-0.15, -0.1) is 0 Å². The lowest BCUT2D eigenvalue weighted by atomic mass is 10.0. The van der Waals surface area contributed by atoms with Crippen LogP contribution in [0, 0.1) is 0 Å². The number of phosphoric ester groups is 1. The second-order valence-electron chi connectivity index (χ2n) is 18.9. The molecule has 0 saturated carbocycles. The zero-order valence-electron chi connectivity index (χ0n) is 40.0. The van der Waals surface area contributed by atoms with Crippen molar-refractivity contribution < 1.29 is 32.9 Å². The molecule has 0 saturated heterocycles. The molecule has 59 heavy (non-hydrogen) atoms. The van der Waals surface area contributed by atoms with Crippen LogP contribution in [-0.2, 0) is 18.4 Å². The van der Waals surface area contributed by atoms with E-state index in [1.165, 1.54) is 193 Å². The number of aliphatic hydroxyl groups is 1. The minimum atomic E-state index is -4.33. The van der Waals surface area contributed by atoms with Crippen molar-refractivity contribution in [3.8, 4) is 0 Å². The highest BCUT2D eigenvalue weighted by Crippen LogP contribution is 2.43. The van der Waals surface area contributed by atoms with E-state index in [2.05, 4.69) is 19.2 Å². The molecule has 0 rings (SSSR count). The summed E-state index contributed by atoms with van der Waals surface area (Å²) in [5, 5.41) is 13.8. The Labute approximate surface area is 367 Å². The molecule has 3 atom stereocenters. The number of allylic oxidation sites excluding steroid dienone is 1. The van der Waals surface area contributed by atoms with Gasteiger partial charge in [-0.1, -0.05) is 238 Å². The predicted molar refractivity (Wildman–Crippen MR) is 254 cm³/mol. The number of hydrogen-bond acceptors (Lipinski definition) is 5. The zero-order valence-corrected chi connectivity index (χ0v) is 40.9. The molecule has 3 unspecified atom stereocenters. The summed E-state index contributed by atoms with van der Waals surface area (Å²) in [6.45, 7) is 4.80. The van der Waals surface area contributed by atoms with Crippen molar-refractivity contribution >= 4 is 13.7 Å². The van der Waals surface area contributed by atoms with E-state index in [4.69, 9.17) is 9.05 Å². The summed E-state index contributed by atoms with van der Waals surface area (Å²) in [7, 11) is 1.58. The van der Waals surface area contributed by atoms with Crippen molar-refractivity contribution in [1.82, 2.24) is 5.32 Å². The summed E-state index contributed by atoms with van der Waals surface area (Å²) in [6, 6.07) is -0.838. The maximum Gasteiger partial charge on any atom is 0.472 e. The molecular weight excluding hydrogens is 756 g/mol. The van der Waals surface area contributed by atoms with Crippen molar-refractivity contribution in [2.75, 3.05) is 40.9 Å². The number of nitrogens with zero attached hydrogens (tertiary/aromatic N) is 1. The summed E-state index contributed by atoms with van der Waals surface area (Å²) in [5.41, 5.74) is 0. The van der Waals surface area contributed by atoms with Crippen LogP contribution in [0.25, 0.3) is 0 Å². The molecule has 9 heteroatoms. The van der Waals surface area contributed by atoms with Gasteiger partial charge < -0.3 is 19.8 Å². The third-order valence-electron chi connectivity index (χ3n) is 11.8. The molecule has 0 aliphatic carbocycles. The number of amides is 1. The molecule has 0 aromatic heterocycles. The number of unbranched alkanes of at least 4 members (excludes halogenated alkanes) is 34. The van der Waals surface area contributed by atoms with E-state index in [-0.39, 0.29) is 19.1 Å². The Morgan fingerprint density at radius 1 is 0.559 bits per heavy atom. The Kier molecular flexibility index (Phi) is 42.0. The van der Waals surface area contributed by atoms with Crippen LogP contribution < -0.4 is 5.32 Å². The average molecular weight is 858 g/mol. The summed E-state index contributed by atoms with van der Waals surface area (Å²) in [6.07, 6.45) is 50.4. The van der Waals surface area contributed by atoms with Crippen LogP contribution in [0.4, 0.5) is 0 Å². The highest BCUT2D eigenvalue weighted by Gasteiger charge is 2.27. The molecule has 8 nitrogen and oxygen atoms in total. The Balaban J connectivity index is 3.93. The summed E-state index contributed by atoms with van der Waals surface area (Å²) >= 11 is 0. The lowest BCUT2D eigenvalue weighted by molar-refractivity contribution is -0.870. The molecule has 0 aliphatic rings. The molecule has 0 aromatic rings. The molecule has 352 valence electrons. The van der Waals surface area contributed by atoms with Gasteiger partial charge in [0.1, 0.15) is 13.2 Å². The number of aliphatic hydroxyl groups excluding tert-OH is 1. The maximum absolute atomic E-state index is 12.9. The average Bonchev–Trinajstić information content (AvgIpc) is 3.19. The first-order valence-corrected chi connectivity index (χ1v) is 27.1. The van der Waals surface area contributed by atoms with Gasteiger partial charge in [-0.05, 0) is 19.3 Å². The van der Waals surface area contributed by atoms with Crippen LogP contribution in [-0.4, -0.2) is 73.4 Å². The Hall–Kier alpha value is -0.760. The van der Waals surface area contributed by atoms with Gasteiger partial charge in [0, 0.05) is 6.42 Å². The van der Waals surface area contributed by atoms with Gasteiger partial charge in [0.2, 0.25) is 5.91 Å². The Morgan fingerprint density at radius 2 is 0.898 bits per heavy atom. The summed E-state index contributed by atoms with van der Waals surface area (Å²) < 4.78 is 23.5. The monoisotopic (exact) mass is 858 g/mol. The fraction of sp³-hybridized carbons (Fsp3) is 0.940. The van der Waals surface area contributed by atoms with Crippen molar-refractivity contribution in [3.63, 3.8) is 0 Å². The van der Waals surface area contributed by atoms with Crippen molar-refractivity contribution in [3.05, 3.63) is 12.2 Å². The highest BCUT2D eigenvalue weighted by molar-refractivity contribution is 7.47. The molecule has 0 aromatic carbocycles. The third kappa shape index (κ3) is 45.1. The van der Waals surface area contributed by atoms with E-state index in [0.717, 1.165) is 38.5 Å². The van der Waals surface area contributed by atoms with Gasteiger partial charge in [-0.2, -0.15) is 0 Å². The molecule has 1 amide bonds. The first-order valence-electron chi connectivity index (χ1n) is 25.6. The standard InChI is InChI=1S/C50H101N2O6P/c1-6-8-10-12-14-16-17-18-19-20-21-22-23-24-25-26-27-28-29-30-31-32-33-34-35-36-38-40-42-44-50(54)51-48(47-58-59(55,56)57-46-45-52(3,4)5)49(53)43-41-39-37-15-13-11-9-7-2/h41,43,48-49,53H,6-40,42,44-47H2,1-5H3,(H-,51,54,55,56)/p+1/b43-41+. The van der Waals surface area contributed by atoms with Crippen molar-refractivity contribution in [2.45, 2.75) is 264 Å².